The van der Waals surface area contributed by atoms with E-state index in [1.807, 2.05) is 35.7 Å². The van der Waals surface area contributed by atoms with E-state index in [-0.39, 0.29) is 11.9 Å². The smallest absolute Gasteiger partial charge is 0.287 e. The van der Waals surface area contributed by atoms with Crippen molar-refractivity contribution in [2.24, 2.45) is 0 Å². The zero-order chi connectivity index (χ0) is 17.5. The summed E-state index contributed by atoms with van der Waals surface area (Å²) in [6.45, 7) is 0. The molecule has 4 heterocycles. The summed E-state index contributed by atoms with van der Waals surface area (Å²) in [7, 11) is 0. The van der Waals surface area contributed by atoms with Crippen molar-refractivity contribution in [1.82, 2.24) is 15.6 Å². The van der Waals surface area contributed by atoms with E-state index >= 15 is 0 Å². The standard InChI is InChI=1S/C20H19N3O2S/c24-19(23-16-11-14-5-6-15(16)22-14)18-8-7-17(25-18)12-1-3-13(4-2-12)20-21-9-10-26-20/h1-4,7-10,14-16,22H,5-6,11H2,(H,23,24). The van der Waals surface area contributed by atoms with Crippen LogP contribution in [0.4, 0.5) is 0 Å². The van der Waals surface area contributed by atoms with Gasteiger partial charge in [0.2, 0.25) is 0 Å². The van der Waals surface area contributed by atoms with E-state index in [9.17, 15) is 4.79 Å². The molecular formula is C20H19N3O2S. The van der Waals surface area contributed by atoms with E-state index in [2.05, 4.69) is 15.6 Å². The van der Waals surface area contributed by atoms with Crippen molar-refractivity contribution in [3.63, 3.8) is 0 Å². The van der Waals surface area contributed by atoms with E-state index < -0.39 is 0 Å². The minimum absolute atomic E-state index is 0.130. The van der Waals surface area contributed by atoms with Crippen LogP contribution in [-0.2, 0) is 0 Å². The van der Waals surface area contributed by atoms with Crippen LogP contribution >= 0.6 is 11.3 Å². The predicted octanol–water partition coefficient (Wildman–Crippen LogP) is 3.69. The first kappa shape index (κ1) is 15.8. The number of aromatic nitrogens is 1. The van der Waals surface area contributed by atoms with E-state index in [0.29, 0.717) is 23.6 Å². The maximum atomic E-state index is 12.5. The monoisotopic (exact) mass is 365 g/mol. The van der Waals surface area contributed by atoms with Gasteiger partial charge >= 0.3 is 0 Å². The summed E-state index contributed by atoms with van der Waals surface area (Å²) in [4.78, 5) is 16.8. The second kappa shape index (κ2) is 6.37. The fraction of sp³-hybridized carbons (Fsp3) is 0.300. The number of hydrogen-bond donors (Lipinski definition) is 2. The van der Waals surface area contributed by atoms with Gasteiger partial charge in [0.05, 0.1) is 0 Å². The summed E-state index contributed by atoms with van der Waals surface area (Å²) in [5.74, 6) is 0.939. The van der Waals surface area contributed by atoms with Gasteiger partial charge in [-0.25, -0.2) is 4.98 Å². The van der Waals surface area contributed by atoms with Gasteiger partial charge in [0.15, 0.2) is 5.76 Å². The van der Waals surface area contributed by atoms with Crippen molar-refractivity contribution in [1.29, 1.82) is 0 Å². The lowest BCUT2D eigenvalue weighted by atomic mass is 9.95. The highest BCUT2D eigenvalue weighted by Gasteiger charge is 2.39. The Kier molecular flexibility index (Phi) is 3.87. The first-order valence-corrected chi connectivity index (χ1v) is 9.81. The fourth-order valence-corrected chi connectivity index (χ4v) is 4.63. The van der Waals surface area contributed by atoms with Crippen LogP contribution in [0.5, 0.6) is 0 Å². The Morgan fingerprint density at radius 3 is 2.69 bits per heavy atom. The van der Waals surface area contributed by atoms with Crippen molar-refractivity contribution in [2.45, 2.75) is 37.4 Å². The molecule has 6 heteroatoms. The quantitative estimate of drug-likeness (QED) is 0.740. The molecule has 3 atom stereocenters. The summed E-state index contributed by atoms with van der Waals surface area (Å²) < 4.78 is 5.81. The first-order chi connectivity index (χ1) is 12.8. The van der Waals surface area contributed by atoms with Gasteiger partial charge in [0, 0.05) is 40.8 Å². The average Bonchev–Trinajstić information content (AvgIpc) is 3.46. The summed E-state index contributed by atoms with van der Waals surface area (Å²) in [6.07, 6.45) is 5.18. The zero-order valence-electron chi connectivity index (χ0n) is 14.1. The van der Waals surface area contributed by atoms with Crippen molar-refractivity contribution >= 4 is 17.2 Å². The van der Waals surface area contributed by atoms with Crippen LogP contribution in [0, 0.1) is 0 Å². The van der Waals surface area contributed by atoms with Crippen LogP contribution in [0.3, 0.4) is 0 Å². The molecule has 0 saturated carbocycles. The van der Waals surface area contributed by atoms with Gasteiger partial charge in [0.25, 0.3) is 5.91 Å². The van der Waals surface area contributed by atoms with Gasteiger partial charge in [-0.15, -0.1) is 11.3 Å². The van der Waals surface area contributed by atoms with E-state index in [1.165, 1.54) is 6.42 Å². The SMILES string of the molecule is O=C(NC1CC2CCC1N2)c1ccc(-c2ccc(-c3nccs3)cc2)o1. The number of furan rings is 1. The lowest BCUT2D eigenvalue weighted by molar-refractivity contribution is 0.0903. The maximum absolute atomic E-state index is 12.5. The zero-order valence-corrected chi connectivity index (χ0v) is 15.0. The number of benzene rings is 1. The number of thiazole rings is 1. The van der Waals surface area contributed by atoms with Crippen molar-refractivity contribution in [2.75, 3.05) is 0 Å². The Labute approximate surface area is 155 Å². The number of hydrogen-bond acceptors (Lipinski definition) is 5. The van der Waals surface area contributed by atoms with Crippen LogP contribution < -0.4 is 10.6 Å². The molecule has 3 aromatic rings. The molecule has 0 aliphatic carbocycles. The molecule has 2 N–H and O–H groups in total. The van der Waals surface area contributed by atoms with Gasteiger partial charge in [0.1, 0.15) is 10.8 Å². The minimum atomic E-state index is -0.130. The van der Waals surface area contributed by atoms with Crippen molar-refractivity contribution in [3.8, 4) is 21.9 Å². The van der Waals surface area contributed by atoms with Gasteiger partial charge < -0.3 is 15.1 Å². The molecule has 3 unspecified atom stereocenters. The van der Waals surface area contributed by atoms with Gasteiger partial charge in [-0.2, -0.15) is 0 Å². The molecule has 1 aromatic carbocycles. The highest BCUT2D eigenvalue weighted by molar-refractivity contribution is 7.13. The van der Waals surface area contributed by atoms with E-state index in [1.54, 1.807) is 23.6 Å². The molecule has 2 aliphatic heterocycles. The number of amides is 1. The minimum Gasteiger partial charge on any atom is -0.451 e. The lowest BCUT2D eigenvalue weighted by Gasteiger charge is -2.20. The number of carbonyl (C=O) groups excluding carboxylic acids is 1. The second-order valence-corrected chi connectivity index (χ2v) is 7.84. The second-order valence-electron chi connectivity index (χ2n) is 6.94. The van der Waals surface area contributed by atoms with Gasteiger partial charge in [-0.05, 0) is 31.4 Å². The Hall–Kier alpha value is -2.44. The Morgan fingerprint density at radius 2 is 2.00 bits per heavy atom. The van der Waals surface area contributed by atoms with Crippen LogP contribution in [0.15, 0.2) is 52.4 Å². The summed E-state index contributed by atoms with van der Waals surface area (Å²) in [6, 6.07) is 12.8. The number of nitrogens with zero attached hydrogens (tertiary/aromatic N) is 1. The summed E-state index contributed by atoms with van der Waals surface area (Å²) >= 11 is 1.61. The molecule has 1 amide bonds. The topological polar surface area (TPSA) is 67.2 Å². The van der Waals surface area contributed by atoms with Crippen LogP contribution in [0.1, 0.15) is 29.8 Å². The molecule has 2 aliphatic rings. The lowest BCUT2D eigenvalue weighted by Crippen LogP contribution is -2.42. The molecule has 132 valence electrons. The molecular weight excluding hydrogens is 346 g/mol. The van der Waals surface area contributed by atoms with E-state index in [0.717, 1.165) is 29.0 Å². The first-order valence-electron chi connectivity index (χ1n) is 8.93. The largest absolute Gasteiger partial charge is 0.451 e. The third-order valence-electron chi connectivity index (χ3n) is 5.30. The molecule has 5 nitrogen and oxygen atoms in total. The Morgan fingerprint density at radius 1 is 1.15 bits per heavy atom. The van der Waals surface area contributed by atoms with Crippen molar-refractivity contribution in [3.05, 3.63) is 53.7 Å². The van der Waals surface area contributed by atoms with Crippen LogP contribution in [0.2, 0.25) is 0 Å². The Bertz CT molecular complexity index is 917. The van der Waals surface area contributed by atoms with Crippen LogP contribution in [0.25, 0.3) is 21.9 Å². The molecule has 0 radical (unpaired) electrons. The number of fused-ring (bicyclic) bond motifs is 2. The number of rotatable bonds is 4. The number of nitrogens with one attached hydrogen (secondary N) is 2. The Balaban J connectivity index is 1.29. The highest BCUT2D eigenvalue weighted by Crippen LogP contribution is 2.29. The maximum Gasteiger partial charge on any atom is 0.287 e. The van der Waals surface area contributed by atoms with Crippen molar-refractivity contribution < 1.29 is 9.21 Å². The highest BCUT2D eigenvalue weighted by atomic mass is 32.1. The third kappa shape index (κ3) is 2.85. The summed E-state index contributed by atoms with van der Waals surface area (Å²) in [5, 5.41) is 9.61. The molecule has 2 bridgehead atoms. The predicted molar refractivity (Wildman–Crippen MR) is 101 cm³/mol. The normalized spacial score (nSPS) is 24.1. The fourth-order valence-electron chi connectivity index (χ4n) is 3.98. The summed E-state index contributed by atoms with van der Waals surface area (Å²) in [5.41, 5.74) is 2.03. The third-order valence-corrected chi connectivity index (χ3v) is 6.12. The molecule has 2 aromatic heterocycles. The molecule has 2 fully saturated rings. The average molecular weight is 365 g/mol. The molecule has 5 rings (SSSR count). The van der Waals surface area contributed by atoms with E-state index in [4.69, 9.17) is 4.42 Å². The number of carbonyl (C=O) groups is 1. The molecule has 2 saturated heterocycles. The molecule has 26 heavy (non-hydrogen) atoms. The van der Waals surface area contributed by atoms with Gasteiger partial charge in [-0.3, -0.25) is 4.79 Å². The molecule has 0 spiro atoms. The van der Waals surface area contributed by atoms with Gasteiger partial charge in [-0.1, -0.05) is 24.3 Å². The van der Waals surface area contributed by atoms with Crippen LogP contribution in [-0.4, -0.2) is 29.0 Å².